The molecular formula is C13H14N2O2S. The van der Waals surface area contributed by atoms with Gasteiger partial charge in [-0.25, -0.2) is 4.98 Å². The van der Waals surface area contributed by atoms with E-state index in [-0.39, 0.29) is 0 Å². The molecule has 94 valence electrons. The summed E-state index contributed by atoms with van der Waals surface area (Å²) < 4.78 is 5.71. The van der Waals surface area contributed by atoms with Crippen LogP contribution >= 0.6 is 11.3 Å². The Morgan fingerprint density at radius 1 is 1.44 bits per heavy atom. The third-order valence-corrected chi connectivity index (χ3v) is 3.29. The van der Waals surface area contributed by atoms with Crippen LogP contribution in [-0.4, -0.2) is 15.9 Å². The molecule has 18 heavy (non-hydrogen) atoms. The highest BCUT2D eigenvalue weighted by Gasteiger charge is 2.07. The Kier molecular flexibility index (Phi) is 3.94. The molecule has 1 aromatic heterocycles. The summed E-state index contributed by atoms with van der Waals surface area (Å²) in [6, 6.07) is 7.47. The molecule has 0 unspecified atom stereocenters. The van der Waals surface area contributed by atoms with Gasteiger partial charge in [-0.15, -0.1) is 11.3 Å². The lowest BCUT2D eigenvalue weighted by Gasteiger charge is -2.09. The van der Waals surface area contributed by atoms with Crippen LogP contribution in [0.2, 0.25) is 0 Å². The van der Waals surface area contributed by atoms with E-state index in [2.05, 4.69) is 10.1 Å². The van der Waals surface area contributed by atoms with Crippen molar-refractivity contribution in [2.75, 3.05) is 0 Å². The minimum absolute atomic E-state index is 0.417. The maximum absolute atomic E-state index is 8.82. The molecule has 5 heteroatoms. The number of hydrogen-bond donors (Lipinski definition) is 1. The van der Waals surface area contributed by atoms with Gasteiger partial charge in [0.05, 0.1) is 16.4 Å². The molecular weight excluding hydrogens is 248 g/mol. The Balaban J connectivity index is 2.14. The van der Waals surface area contributed by atoms with Gasteiger partial charge in [0.15, 0.2) is 0 Å². The van der Waals surface area contributed by atoms with Gasteiger partial charge in [-0.05, 0) is 26.0 Å². The topological polar surface area (TPSA) is 54.7 Å². The van der Waals surface area contributed by atoms with Crippen LogP contribution in [0.5, 0.6) is 5.75 Å². The van der Waals surface area contributed by atoms with E-state index in [0.29, 0.717) is 18.1 Å². The molecule has 0 saturated carbocycles. The number of thiazole rings is 1. The summed E-state index contributed by atoms with van der Waals surface area (Å²) in [5.74, 6) is 0.693. The molecule has 0 fully saturated rings. The molecule has 2 aromatic rings. The van der Waals surface area contributed by atoms with Gasteiger partial charge in [0.2, 0.25) is 0 Å². The molecule has 0 atom stereocenters. The van der Waals surface area contributed by atoms with Crippen LogP contribution in [0.3, 0.4) is 0 Å². The van der Waals surface area contributed by atoms with E-state index in [4.69, 9.17) is 9.94 Å². The Morgan fingerprint density at radius 3 is 2.89 bits per heavy atom. The third-order valence-electron chi connectivity index (χ3n) is 2.47. The van der Waals surface area contributed by atoms with Crippen molar-refractivity contribution in [3.63, 3.8) is 0 Å². The van der Waals surface area contributed by atoms with E-state index in [9.17, 15) is 0 Å². The van der Waals surface area contributed by atoms with Gasteiger partial charge in [0.25, 0.3) is 0 Å². The van der Waals surface area contributed by atoms with Crippen LogP contribution in [0.15, 0.2) is 34.8 Å². The van der Waals surface area contributed by atoms with Crippen LogP contribution in [0.4, 0.5) is 0 Å². The van der Waals surface area contributed by atoms with Gasteiger partial charge in [0, 0.05) is 10.9 Å². The molecule has 0 amide bonds. The molecule has 0 radical (unpaired) electrons. The Bertz CT molecular complexity index is 564. The lowest BCUT2D eigenvalue weighted by molar-refractivity contribution is 0.299. The summed E-state index contributed by atoms with van der Waals surface area (Å²) in [6.45, 7) is 4.11. The minimum atomic E-state index is 0.417. The molecule has 0 aliphatic rings. The molecule has 0 spiro atoms. The fraction of sp³-hybridized carbons (Fsp3) is 0.231. The van der Waals surface area contributed by atoms with Crippen molar-refractivity contribution in [2.24, 2.45) is 5.16 Å². The van der Waals surface area contributed by atoms with Crippen molar-refractivity contribution >= 4 is 17.0 Å². The first-order valence-electron chi connectivity index (χ1n) is 5.52. The Morgan fingerprint density at radius 2 is 2.22 bits per heavy atom. The lowest BCUT2D eigenvalue weighted by Crippen LogP contribution is -2.02. The Hall–Kier alpha value is -1.88. The first kappa shape index (κ1) is 12.6. The fourth-order valence-electron chi connectivity index (χ4n) is 1.57. The number of benzene rings is 1. The normalized spacial score (nSPS) is 11.6. The summed E-state index contributed by atoms with van der Waals surface area (Å²) in [6.07, 6.45) is 0. The number of hydrogen-bond acceptors (Lipinski definition) is 5. The predicted molar refractivity (Wildman–Crippen MR) is 71.6 cm³/mol. The van der Waals surface area contributed by atoms with Crippen LogP contribution < -0.4 is 4.74 Å². The van der Waals surface area contributed by atoms with Gasteiger partial charge < -0.3 is 9.94 Å². The van der Waals surface area contributed by atoms with Crippen molar-refractivity contribution in [1.82, 2.24) is 4.98 Å². The smallest absolute Gasteiger partial charge is 0.131 e. The first-order chi connectivity index (χ1) is 8.70. The van der Waals surface area contributed by atoms with Crippen LogP contribution in [0.1, 0.15) is 23.2 Å². The summed E-state index contributed by atoms with van der Waals surface area (Å²) in [5.41, 5.74) is 2.22. The van der Waals surface area contributed by atoms with Crippen LogP contribution in [0, 0.1) is 6.92 Å². The third kappa shape index (κ3) is 2.87. The zero-order valence-electron chi connectivity index (χ0n) is 10.3. The highest BCUT2D eigenvalue weighted by atomic mass is 32.1. The lowest BCUT2D eigenvalue weighted by atomic mass is 10.1. The Labute approximate surface area is 110 Å². The van der Waals surface area contributed by atoms with Crippen molar-refractivity contribution in [2.45, 2.75) is 20.5 Å². The summed E-state index contributed by atoms with van der Waals surface area (Å²) in [4.78, 5) is 4.33. The van der Waals surface area contributed by atoms with Crippen molar-refractivity contribution in [3.8, 4) is 5.75 Å². The largest absolute Gasteiger partial charge is 0.487 e. The van der Waals surface area contributed by atoms with Crippen LogP contribution in [-0.2, 0) is 6.61 Å². The van der Waals surface area contributed by atoms with Gasteiger partial charge >= 0.3 is 0 Å². The number of nitrogens with zero attached hydrogens (tertiary/aromatic N) is 2. The molecule has 1 heterocycles. The second-order valence-electron chi connectivity index (χ2n) is 3.83. The van der Waals surface area contributed by atoms with E-state index in [1.54, 1.807) is 18.3 Å². The standard InChI is InChI=1S/C13H14N2O2S/c1-9(15-16)12-5-3-4-6-13(12)17-7-11-8-18-10(2)14-11/h3-6,8,16H,7H2,1-2H3. The van der Waals surface area contributed by atoms with Crippen molar-refractivity contribution < 1.29 is 9.94 Å². The van der Waals surface area contributed by atoms with E-state index < -0.39 is 0 Å². The number of ether oxygens (including phenoxy) is 1. The quantitative estimate of drug-likeness (QED) is 0.523. The van der Waals surface area contributed by atoms with Gasteiger partial charge in [-0.3, -0.25) is 0 Å². The number of oxime groups is 1. The van der Waals surface area contributed by atoms with Gasteiger partial charge in [-0.2, -0.15) is 0 Å². The molecule has 0 bridgehead atoms. The van der Waals surface area contributed by atoms with Crippen molar-refractivity contribution in [3.05, 3.63) is 45.9 Å². The monoisotopic (exact) mass is 262 g/mol. The molecule has 1 aromatic carbocycles. The average Bonchev–Trinajstić information content (AvgIpc) is 2.81. The van der Waals surface area contributed by atoms with E-state index >= 15 is 0 Å². The van der Waals surface area contributed by atoms with E-state index in [0.717, 1.165) is 16.3 Å². The second kappa shape index (κ2) is 5.64. The van der Waals surface area contributed by atoms with Crippen LogP contribution in [0.25, 0.3) is 0 Å². The predicted octanol–water partition coefficient (Wildman–Crippen LogP) is 3.23. The maximum Gasteiger partial charge on any atom is 0.131 e. The first-order valence-corrected chi connectivity index (χ1v) is 6.40. The second-order valence-corrected chi connectivity index (χ2v) is 4.89. The summed E-state index contributed by atoms with van der Waals surface area (Å²) in [7, 11) is 0. The van der Waals surface area contributed by atoms with E-state index in [1.807, 2.05) is 36.6 Å². The minimum Gasteiger partial charge on any atom is -0.487 e. The number of rotatable bonds is 4. The van der Waals surface area contributed by atoms with Gasteiger partial charge in [-0.1, -0.05) is 17.3 Å². The molecule has 0 aliphatic heterocycles. The number of aryl methyl sites for hydroxylation is 1. The zero-order chi connectivity index (χ0) is 13.0. The molecule has 1 N–H and O–H groups in total. The number of aromatic nitrogens is 1. The molecule has 0 saturated heterocycles. The molecule has 0 aliphatic carbocycles. The highest BCUT2D eigenvalue weighted by molar-refractivity contribution is 7.09. The summed E-state index contributed by atoms with van der Waals surface area (Å²) >= 11 is 1.60. The zero-order valence-corrected chi connectivity index (χ0v) is 11.1. The maximum atomic E-state index is 8.82. The summed E-state index contributed by atoms with van der Waals surface area (Å²) in [5, 5.41) is 15.0. The average molecular weight is 262 g/mol. The SMILES string of the molecule is CC(=NO)c1ccccc1OCc1csc(C)n1. The fourth-order valence-corrected chi connectivity index (χ4v) is 2.17. The van der Waals surface area contributed by atoms with Crippen molar-refractivity contribution in [1.29, 1.82) is 0 Å². The highest BCUT2D eigenvalue weighted by Crippen LogP contribution is 2.20. The number of para-hydroxylation sites is 1. The molecule has 4 nitrogen and oxygen atoms in total. The van der Waals surface area contributed by atoms with Gasteiger partial charge in [0.1, 0.15) is 12.4 Å². The van der Waals surface area contributed by atoms with E-state index in [1.165, 1.54) is 0 Å². The molecule has 2 rings (SSSR count).